The van der Waals surface area contributed by atoms with Gasteiger partial charge in [0.1, 0.15) is 22.4 Å². The highest BCUT2D eigenvalue weighted by Crippen LogP contribution is 2.34. The van der Waals surface area contributed by atoms with Crippen molar-refractivity contribution in [1.29, 1.82) is 0 Å². The number of pyridine rings is 1. The minimum Gasteiger partial charge on any atom is -0.463 e. The second-order valence-corrected chi connectivity index (χ2v) is 5.35. The van der Waals surface area contributed by atoms with Gasteiger partial charge < -0.3 is 4.74 Å². The maximum absolute atomic E-state index is 13.2. The molecule has 5 nitrogen and oxygen atoms in total. The van der Waals surface area contributed by atoms with Gasteiger partial charge in [0.2, 0.25) is 0 Å². The number of nitrogens with zero attached hydrogens (tertiary/aromatic N) is 4. The summed E-state index contributed by atoms with van der Waals surface area (Å²) in [6.45, 7) is 3.20. The number of halogens is 1. The Kier molecular flexibility index (Phi) is 3.35. The molecule has 104 valence electrons. The van der Waals surface area contributed by atoms with E-state index in [4.69, 9.17) is 4.74 Å². The quantitative estimate of drug-likeness (QED) is 0.853. The van der Waals surface area contributed by atoms with Crippen LogP contribution in [-0.2, 0) is 4.74 Å². The van der Waals surface area contributed by atoms with E-state index in [0.717, 1.165) is 15.7 Å². The molecule has 1 aliphatic rings. The molecule has 0 saturated heterocycles. The zero-order chi connectivity index (χ0) is 14.1. The first kappa shape index (κ1) is 13.0. The zero-order valence-electron chi connectivity index (χ0n) is 11.1. The Bertz CT molecular complexity index is 670. The molecule has 3 heterocycles. The van der Waals surface area contributed by atoms with E-state index >= 15 is 0 Å². The number of thiazole rings is 1. The van der Waals surface area contributed by atoms with Crippen LogP contribution in [0.15, 0.2) is 23.5 Å². The largest absolute Gasteiger partial charge is 0.463 e. The van der Waals surface area contributed by atoms with Crippen LogP contribution in [0.2, 0.25) is 0 Å². The van der Waals surface area contributed by atoms with Gasteiger partial charge in [0, 0.05) is 18.8 Å². The monoisotopic (exact) mass is 292 g/mol. The van der Waals surface area contributed by atoms with Crippen LogP contribution in [0.3, 0.4) is 0 Å². The van der Waals surface area contributed by atoms with Crippen LogP contribution in [0.25, 0.3) is 10.6 Å². The number of anilines is 1. The van der Waals surface area contributed by atoms with Gasteiger partial charge in [0.25, 0.3) is 6.02 Å². The minimum absolute atomic E-state index is 0.367. The first-order valence-electron chi connectivity index (χ1n) is 6.14. The molecule has 0 unspecified atom stereocenters. The lowest BCUT2D eigenvalue weighted by atomic mass is 10.3. The van der Waals surface area contributed by atoms with Crippen molar-refractivity contribution >= 4 is 22.4 Å². The molecular formula is C13H13FN4OS. The molecule has 0 fully saturated rings. The number of amidine groups is 1. The predicted octanol–water partition coefficient (Wildman–Crippen LogP) is 2.48. The molecule has 0 aromatic carbocycles. The van der Waals surface area contributed by atoms with Crippen molar-refractivity contribution in [3.05, 3.63) is 30.0 Å². The topological polar surface area (TPSA) is 50.6 Å². The minimum atomic E-state index is -0.367. The summed E-state index contributed by atoms with van der Waals surface area (Å²) < 4.78 is 18.7. The highest BCUT2D eigenvalue weighted by atomic mass is 32.1. The van der Waals surface area contributed by atoms with Gasteiger partial charge in [0.15, 0.2) is 0 Å². The summed E-state index contributed by atoms with van der Waals surface area (Å²) in [5.74, 6) is -0.367. The average molecular weight is 292 g/mol. The Morgan fingerprint density at radius 1 is 1.40 bits per heavy atom. The lowest BCUT2D eigenvalue weighted by molar-refractivity contribution is 0.340. The lowest BCUT2D eigenvalue weighted by Gasteiger charge is -2.15. The Balaban J connectivity index is 1.95. The van der Waals surface area contributed by atoms with Crippen LogP contribution >= 0.6 is 11.3 Å². The molecular weight excluding hydrogens is 279 g/mol. The number of hydrogen-bond acceptors (Lipinski definition) is 6. The van der Waals surface area contributed by atoms with Gasteiger partial charge in [-0.15, -0.1) is 0 Å². The molecule has 3 rings (SSSR count). The highest BCUT2D eigenvalue weighted by Gasteiger charge is 2.20. The van der Waals surface area contributed by atoms with Crippen LogP contribution in [-0.4, -0.2) is 36.2 Å². The van der Waals surface area contributed by atoms with Gasteiger partial charge in [-0.05, 0) is 13.0 Å². The van der Waals surface area contributed by atoms with Crippen molar-refractivity contribution in [1.82, 2.24) is 9.97 Å². The molecule has 0 bridgehead atoms. The van der Waals surface area contributed by atoms with Crippen molar-refractivity contribution < 1.29 is 9.13 Å². The van der Waals surface area contributed by atoms with E-state index in [1.807, 2.05) is 18.9 Å². The number of aromatic nitrogens is 2. The van der Waals surface area contributed by atoms with Gasteiger partial charge in [-0.25, -0.2) is 14.4 Å². The Morgan fingerprint density at radius 3 is 2.95 bits per heavy atom. The smallest absolute Gasteiger partial charge is 0.292 e. The third kappa shape index (κ3) is 2.36. The van der Waals surface area contributed by atoms with E-state index in [0.29, 0.717) is 24.7 Å². The van der Waals surface area contributed by atoms with E-state index in [1.54, 1.807) is 6.20 Å². The molecule has 1 aliphatic heterocycles. The number of ether oxygens (including phenoxy) is 1. The normalized spacial score (nSPS) is 14.1. The van der Waals surface area contributed by atoms with Gasteiger partial charge in [-0.2, -0.15) is 0 Å². The van der Waals surface area contributed by atoms with Crippen molar-refractivity contribution in [2.24, 2.45) is 4.99 Å². The number of rotatable bonds is 2. The van der Waals surface area contributed by atoms with Crippen molar-refractivity contribution in [2.45, 2.75) is 6.92 Å². The maximum atomic E-state index is 13.2. The average Bonchev–Trinajstić information content (AvgIpc) is 3.07. The van der Waals surface area contributed by atoms with E-state index in [9.17, 15) is 4.39 Å². The standard InChI is InChI=1S/C13H13FN4OS/c1-8-12(18(2)13-16-3-4-19-13)20-11(17-8)9-5-10(14)7-15-6-9/h5-7H,3-4H2,1-2H3. The Hall–Kier alpha value is -2.02. The zero-order valence-corrected chi connectivity index (χ0v) is 11.9. The fourth-order valence-corrected chi connectivity index (χ4v) is 2.97. The molecule has 20 heavy (non-hydrogen) atoms. The van der Waals surface area contributed by atoms with Gasteiger partial charge in [-0.3, -0.25) is 9.88 Å². The van der Waals surface area contributed by atoms with Crippen LogP contribution in [0, 0.1) is 12.7 Å². The first-order valence-corrected chi connectivity index (χ1v) is 6.96. The molecule has 7 heteroatoms. The van der Waals surface area contributed by atoms with Crippen molar-refractivity contribution in [2.75, 3.05) is 25.1 Å². The van der Waals surface area contributed by atoms with E-state index in [1.165, 1.54) is 23.6 Å². The predicted molar refractivity (Wildman–Crippen MR) is 76.7 cm³/mol. The Morgan fingerprint density at radius 2 is 2.25 bits per heavy atom. The summed E-state index contributed by atoms with van der Waals surface area (Å²) >= 11 is 1.46. The van der Waals surface area contributed by atoms with Crippen molar-refractivity contribution in [3.63, 3.8) is 0 Å². The van der Waals surface area contributed by atoms with Crippen LogP contribution in [0.1, 0.15) is 5.69 Å². The summed E-state index contributed by atoms with van der Waals surface area (Å²) in [5.41, 5.74) is 1.53. The summed E-state index contributed by atoms with van der Waals surface area (Å²) in [4.78, 5) is 14.5. The Labute approximate surface area is 119 Å². The fraction of sp³-hybridized carbons (Fsp3) is 0.308. The molecule has 0 spiro atoms. The van der Waals surface area contributed by atoms with E-state index < -0.39 is 0 Å². The maximum Gasteiger partial charge on any atom is 0.292 e. The second-order valence-electron chi connectivity index (χ2n) is 4.37. The number of hydrogen-bond donors (Lipinski definition) is 0. The first-order chi connectivity index (χ1) is 9.65. The van der Waals surface area contributed by atoms with Crippen LogP contribution in [0.4, 0.5) is 9.39 Å². The second kappa shape index (κ2) is 5.16. The number of aliphatic imine (C=N–C) groups is 1. The summed E-state index contributed by atoms with van der Waals surface area (Å²) in [6, 6.07) is 2.03. The van der Waals surface area contributed by atoms with Crippen molar-refractivity contribution in [3.8, 4) is 10.6 Å². The fourth-order valence-electron chi connectivity index (χ4n) is 1.97. The van der Waals surface area contributed by atoms with Crippen LogP contribution < -0.4 is 4.90 Å². The molecule has 0 N–H and O–H groups in total. The van der Waals surface area contributed by atoms with E-state index in [-0.39, 0.29) is 5.82 Å². The van der Waals surface area contributed by atoms with Gasteiger partial charge >= 0.3 is 0 Å². The molecule has 0 amide bonds. The molecule has 2 aromatic heterocycles. The number of aryl methyl sites for hydroxylation is 1. The molecule has 0 radical (unpaired) electrons. The molecule has 2 aromatic rings. The highest BCUT2D eigenvalue weighted by molar-refractivity contribution is 7.19. The lowest BCUT2D eigenvalue weighted by Crippen LogP contribution is -2.26. The summed E-state index contributed by atoms with van der Waals surface area (Å²) in [7, 11) is 1.89. The third-order valence-corrected chi connectivity index (χ3v) is 4.17. The molecule has 0 aliphatic carbocycles. The summed E-state index contributed by atoms with van der Waals surface area (Å²) in [5, 5.41) is 1.67. The van der Waals surface area contributed by atoms with Gasteiger partial charge in [0.05, 0.1) is 18.4 Å². The van der Waals surface area contributed by atoms with Gasteiger partial charge in [-0.1, -0.05) is 11.3 Å². The molecule has 0 saturated carbocycles. The van der Waals surface area contributed by atoms with E-state index in [2.05, 4.69) is 15.0 Å². The molecule has 0 atom stereocenters. The third-order valence-electron chi connectivity index (χ3n) is 2.89. The van der Waals surface area contributed by atoms with Crippen LogP contribution in [0.5, 0.6) is 0 Å². The summed E-state index contributed by atoms with van der Waals surface area (Å²) in [6.07, 6.45) is 2.78. The SMILES string of the molecule is Cc1nc(-c2cncc(F)c2)sc1N(C)C1=NCCO1.